The number of hydrogen-bond acceptors (Lipinski definition) is 4. The fourth-order valence-corrected chi connectivity index (χ4v) is 4.71. The summed E-state index contributed by atoms with van der Waals surface area (Å²) in [4.78, 5) is 39.0. The number of carbonyl (C=O) groups is 3. The zero-order chi connectivity index (χ0) is 31.0. The van der Waals surface area contributed by atoms with E-state index < -0.39 is 29.5 Å². The van der Waals surface area contributed by atoms with Gasteiger partial charge in [0.05, 0.1) is 22.0 Å². The van der Waals surface area contributed by atoms with Crippen LogP contribution in [0.4, 0.5) is 24.5 Å². The van der Waals surface area contributed by atoms with Gasteiger partial charge in [0.2, 0.25) is 5.91 Å². The molecule has 3 N–H and O–H groups in total. The Morgan fingerprint density at radius 3 is 2.14 bits per heavy atom. The minimum absolute atomic E-state index is 0.0191. The Bertz CT molecular complexity index is 1660. The van der Waals surface area contributed by atoms with Crippen LogP contribution < -0.4 is 16.0 Å². The lowest BCUT2D eigenvalue weighted by atomic mass is 10.1. The lowest BCUT2D eigenvalue weighted by Gasteiger charge is -2.12. The molecule has 3 amide bonds. The van der Waals surface area contributed by atoms with E-state index in [0.717, 1.165) is 30.0 Å². The van der Waals surface area contributed by atoms with Gasteiger partial charge in [-0.3, -0.25) is 14.4 Å². The average Bonchev–Trinajstić information content (AvgIpc) is 2.98. The van der Waals surface area contributed by atoms with Crippen molar-refractivity contribution in [2.45, 2.75) is 11.1 Å². The van der Waals surface area contributed by atoms with Gasteiger partial charge in [0, 0.05) is 21.2 Å². The molecule has 6 nitrogen and oxygen atoms in total. The topological polar surface area (TPSA) is 87.3 Å². The first-order valence-electron chi connectivity index (χ1n) is 12.5. The monoisotopic (exact) mass is 643 g/mol. The molecule has 0 radical (unpaired) electrons. The van der Waals surface area contributed by atoms with Crippen LogP contribution in [0.3, 0.4) is 0 Å². The van der Waals surface area contributed by atoms with Crippen molar-refractivity contribution in [2.75, 3.05) is 16.4 Å². The minimum Gasteiger partial charge on any atom is -0.324 e. The predicted octanol–water partition coefficient (Wildman–Crippen LogP) is 8.15. The van der Waals surface area contributed by atoms with Crippen LogP contribution in [0.1, 0.15) is 21.5 Å². The molecular formula is C31H22Cl2F3N3O3S. The summed E-state index contributed by atoms with van der Waals surface area (Å²) in [6.07, 6.45) is -3.10. The van der Waals surface area contributed by atoms with E-state index in [0.29, 0.717) is 26.7 Å². The molecule has 0 bridgehead atoms. The van der Waals surface area contributed by atoms with Crippen molar-refractivity contribution in [1.82, 2.24) is 5.32 Å². The number of hydrogen-bond donors (Lipinski definition) is 3. The van der Waals surface area contributed by atoms with Gasteiger partial charge < -0.3 is 16.0 Å². The van der Waals surface area contributed by atoms with Crippen molar-refractivity contribution in [3.8, 4) is 0 Å². The highest BCUT2D eigenvalue weighted by Gasteiger charge is 2.31. The van der Waals surface area contributed by atoms with Crippen LogP contribution in [-0.4, -0.2) is 23.5 Å². The molecule has 0 unspecified atom stereocenters. The molecule has 12 heteroatoms. The molecule has 0 saturated carbocycles. The van der Waals surface area contributed by atoms with E-state index in [1.54, 1.807) is 78.9 Å². The highest BCUT2D eigenvalue weighted by molar-refractivity contribution is 8.00. The van der Waals surface area contributed by atoms with Crippen molar-refractivity contribution in [3.05, 3.63) is 129 Å². The summed E-state index contributed by atoms with van der Waals surface area (Å²) < 4.78 is 39.0. The Balaban J connectivity index is 1.40. The van der Waals surface area contributed by atoms with Gasteiger partial charge in [0.25, 0.3) is 11.8 Å². The second kappa shape index (κ2) is 14.3. The standard InChI is InChI=1S/C31H22Cl2F3N3O3S/c32-24-9-5-4-8-20(24)16-27(39-29(41)19-6-2-1-3-7-19)30(42)37-22-11-13-23(14-12-22)43-18-28(40)38-26-17-21(31(34,35)36)10-15-25(26)33/h1-17H,18H2,(H,37,42)(H,38,40)(H,39,41)/b27-16-. The first-order chi connectivity index (χ1) is 20.5. The van der Waals surface area contributed by atoms with Gasteiger partial charge in [-0.15, -0.1) is 11.8 Å². The second-order valence-electron chi connectivity index (χ2n) is 8.91. The van der Waals surface area contributed by atoms with Crippen molar-refractivity contribution in [3.63, 3.8) is 0 Å². The maximum absolute atomic E-state index is 13.2. The van der Waals surface area contributed by atoms with E-state index in [4.69, 9.17) is 23.2 Å². The normalized spacial score (nSPS) is 11.5. The molecule has 0 aliphatic heterocycles. The Labute approximate surface area is 259 Å². The summed E-state index contributed by atoms with van der Waals surface area (Å²) in [5.74, 6) is -1.73. The minimum atomic E-state index is -4.57. The van der Waals surface area contributed by atoms with Gasteiger partial charge in [-0.1, -0.05) is 59.6 Å². The molecule has 220 valence electrons. The molecule has 0 aromatic heterocycles. The number of halogens is 5. The Hall–Kier alpha value is -4.25. The first-order valence-corrected chi connectivity index (χ1v) is 14.3. The van der Waals surface area contributed by atoms with Crippen LogP contribution in [0.2, 0.25) is 10.0 Å². The van der Waals surface area contributed by atoms with Crippen LogP contribution in [0, 0.1) is 0 Å². The molecule has 0 fully saturated rings. The summed E-state index contributed by atoms with van der Waals surface area (Å²) >= 11 is 13.3. The fourth-order valence-electron chi connectivity index (χ4n) is 3.66. The molecule has 4 rings (SSSR count). The Morgan fingerprint density at radius 1 is 0.791 bits per heavy atom. The molecule has 0 saturated heterocycles. The van der Waals surface area contributed by atoms with Gasteiger partial charge in [0.1, 0.15) is 5.70 Å². The zero-order valence-electron chi connectivity index (χ0n) is 22.0. The van der Waals surface area contributed by atoms with Crippen LogP contribution in [0.25, 0.3) is 6.08 Å². The summed E-state index contributed by atoms with van der Waals surface area (Å²) in [5, 5.41) is 8.13. The van der Waals surface area contributed by atoms with Crippen LogP contribution >= 0.6 is 35.0 Å². The lowest BCUT2D eigenvalue weighted by molar-refractivity contribution is -0.137. The Morgan fingerprint density at radius 2 is 1.47 bits per heavy atom. The highest BCUT2D eigenvalue weighted by atomic mass is 35.5. The smallest absolute Gasteiger partial charge is 0.324 e. The number of benzene rings is 4. The third-order valence-corrected chi connectivity index (χ3v) is 7.47. The SMILES string of the molecule is O=C(CSc1ccc(NC(=O)/C(=C/c2ccccc2Cl)NC(=O)c2ccccc2)cc1)Nc1cc(C(F)(F)F)ccc1Cl. The number of anilines is 2. The quantitative estimate of drug-likeness (QED) is 0.127. The highest BCUT2D eigenvalue weighted by Crippen LogP contribution is 2.34. The van der Waals surface area contributed by atoms with Crippen LogP contribution in [0.15, 0.2) is 108 Å². The maximum Gasteiger partial charge on any atom is 0.416 e. The molecule has 0 aliphatic carbocycles. The molecule has 0 spiro atoms. The Kier molecular flexibility index (Phi) is 10.5. The van der Waals surface area contributed by atoms with Gasteiger partial charge in [0.15, 0.2) is 0 Å². The third kappa shape index (κ3) is 9.12. The largest absolute Gasteiger partial charge is 0.416 e. The molecule has 4 aromatic rings. The number of carbonyl (C=O) groups excluding carboxylic acids is 3. The van der Waals surface area contributed by atoms with E-state index in [1.807, 2.05) is 0 Å². The molecular weight excluding hydrogens is 622 g/mol. The fraction of sp³-hybridized carbons (Fsp3) is 0.0645. The van der Waals surface area contributed by atoms with E-state index in [2.05, 4.69) is 16.0 Å². The summed E-state index contributed by atoms with van der Waals surface area (Å²) in [6.45, 7) is 0. The third-order valence-electron chi connectivity index (χ3n) is 5.78. The number of alkyl halides is 3. The molecule has 0 aliphatic rings. The van der Waals surface area contributed by atoms with Gasteiger partial charge in [-0.25, -0.2) is 0 Å². The van der Waals surface area contributed by atoms with Crippen LogP contribution in [0.5, 0.6) is 0 Å². The van der Waals surface area contributed by atoms with E-state index in [9.17, 15) is 27.6 Å². The number of rotatable bonds is 9. The summed E-state index contributed by atoms with van der Waals surface area (Å²) in [6, 6.07) is 24.5. The molecule has 0 heterocycles. The van der Waals surface area contributed by atoms with Crippen LogP contribution in [-0.2, 0) is 15.8 Å². The van der Waals surface area contributed by atoms with Crippen molar-refractivity contribution in [1.29, 1.82) is 0 Å². The molecule has 4 aromatic carbocycles. The number of thioether (sulfide) groups is 1. The molecule has 43 heavy (non-hydrogen) atoms. The van der Waals surface area contributed by atoms with E-state index in [-0.39, 0.29) is 22.2 Å². The zero-order valence-corrected chi connectivity index (χ0v) is 24.4. The average molecular weight is 645 g/mol. The number of amides is 3. The molecule has 0 atom stereocenters. The summed E-state index contributed by atoms with van der Waals surface area (Å²) in [7, 11) is 0. The van der Waals surface area contributed by atoms with E-state index in [1.165, 1.54) is 6.08 Å². The van der Waals surface area contributed by atoms with Gasteiger partial charge in [-0.2, -0.15) is 13.2 Å². The second-order valence-corrected chi connectivity index (χ2v) is 10.8. The maximum atomic E-state index is 13.2. The first kappa shape index (κ1) is 31.7. The van der Waals surface area contributed by atoms with E-state index >= 15 is 0 Å². The van der Waals surface area contributed by atoms with Crippen molar-refractivity contribution < 1.29 is 27.6 Å². The lowest BCUT2D eigenvalue weighted by Crippen LogP contribution is -2.30. The van der Waals surface area contributed by atoms with Crippen molar-refractivity contribution >= 4 is 70.1 Å². The summed E-state index contributed by atoms with van der Waals surface area (Å²) in [5.41, 5.74) is 0.196. The van der Waals surface area contributed by atoms with Gasteiger partial charge in [-0.05, 0) is 72.3 Å². The van der Waals surface area contributed by atoms with Gasteiger partial charge >= 0.3 is 6.18 Å². The predicted molar refractivity (Wildman–Crippen MR) is 164 cm³/mol. The van der Waals surface area contributed by atoms with Crippen molar-refractivity contribution in [2.24, 2.45) is 0 Å². The number of nitrogens with one attached hydrogen (secondary N) is 3.